The Balaban J connectivity index is 2.38. The van der Waals surface area contributed by atoms with Gasteiger partial charge in [0.1, 0.15) is 11.9 Å². The SMILES string of the molecule is CC[C@@H](C(=O)Nc1ccc(Br)cc1F)N(c1ccc(C)cc1)S(C)(=O)=O. The molecule has 5 nitrogen and oxygen atoms in total. The molecule has 0 bridgehead atoms. The minimum absolute atomic E-state index is 0.00555. The van der Waals surface area contributed by atoms with Gasteiger partial charge in [-0.25, -0.2) is 12.8 Å². The lowest BCUT2D eigenvalue weighted by Crippen LogP contribution is -2.47. The molecule has 1 N–H and O–H groups in total. The highest BCUT2D eigenvalue weighted by molar-refractivity contribution is 9.10. The summed E-state index contributed by atoms with van der Waals surface area (Å²) in [5.74, 6) is -1.21. The summed E-state index contributed by atoms with van der Waals surface area (Å²) in [6.07, 6.45) is 1.27. The van der Waals surface area contributed by atoms with E-state index in [1.165, 1.54) is 12.1 Å². The van der Waals surface area contributed by atoms with Gasteiger partial charge in [-0.3, -0.25) is 9.10 Å². The molecular weight excluding hydrogens is 423 g/mol. The number of carbonyl (C=O) groups is 1. The first-order valence-electron chi connectivity index (χ1n) is 7.95. The van der Waals surface area contributed by atoms with E-state index in [1.807, 2.05) is 6.92 Å². The standard InChI is InChI=1S/C18H20BrFN2O3S/c1-4-17(18(23)21-16-10-7-13(19)11-15(16)20)22(26(3,24)25)14-8-5-12(2)6-9-14/h5-11,17H,4H2,1-3H3,(H,21,23)/t17-/m0/s1. The Hall–Kier alpha value is -1.93. The summed E-state index contributed by atoms with van der Waals surface area (Å²) in [6.45, 7) is 3.59. The monoisotopic (exact) mass is 442 g/mol. The van der Waals surface area contributed by atoms with Crippen LogP contribution in [-0.4, -0.2) is 26.6 Å². The Morgan fingerprint density at radius 3 is 2.35 bits per heavy atom. The van der Waals surface area contributed by atoms with Crippen molar-refractivity contribution in [1.29, 1.82) is 0 Å². The Morgan fingerprint density at radius 1 is 1.23 bits per heavy atom. The van der Waals surface area contributed by atoms with Crippen molar-refractivity contribution >= 4 is 43.2 Å². The molecule has 2 aromatic carbocycles. The zero-order valence-electron chi connectivity index (χ0n) is 14.7. The number of aryl methyl sites for hydroxylation is 1. The summed E-state index contributed by atoms with van der Waals surface area (Å²) in [5.41, 5.74) is 1.35. The normalized spacial score (nSPS) is 12.5. The van der Waals surface area contributed by atoms with Crippen LogP contribution in [0.5, 0.6) is 0 Å². The van der Waals surface area contributed by atoms with Crippen molar-refractivity contribution in [3.63, 3.8) is 0 Å². The van der Waals surface area contributed by atoms with Crippen LogP contribution in [0.3, 0.4) is 0 Å². The van der Waals surface area contributed by atoms with E-state index in [1.54, 1.807) is 37.3 Å². The van der Waals surface area contributed by atoms with Crippen LogP contribution in [0.1, 0.15) is 18.9 Å². The molecule has 0 radical (unpaired) electrons. The number of nitrogens with one attached hydrogen (secondary N) is 1. The Labute approximate surface area is 161 Å². The lowest BCUT2D eigenvalue weighted by atomic mass is 10.1. The molecule has 0 aliphatic heterocycles. The number of halogens is 2. The zero-order chi connectivity index (χ0) is 19.5. The van der Waals surface area contributed by atoms with Crippen LogP contribution in [0.2, 0.25) is 0 Å². The third kappa shape index (κ3) is 4.82. The average Bonchev–Trinajstić information content (AvgIpc) is 2.55. The van der Waals surface area contributed by atoms with Crippen LogP contribution >= 0.6 is 15.9 Å². The van der Waals surface area contributed by atoms with Gasteiger partial charge in [0.2, 0.25) is 15.9 Å². The van der Waals surface area contributed by atoms with Crippen LogP contribution in [0, 0.1) is 12.7 Å². The summed E-state index contributed by atoms with van der Waals surface area (Å²) in [4.78, 5) is 12.7. The van der Waals surface area contributed by atoms with Crippen LogP contribution in [0.4, 0.5) is 15.8 Å². The lowest BCUT2D eigenvalue weighted by Gasteiger charge is -2.30. The third-order valence-corrected chi connectivity index (χ3v) is 5.48. The molecule has 0 fully saturated rings. The average molecular weight is 443 g/mol. The van der Waals surface area contributed by atoms with Gasteiger partial charge in [0.15, 0.2) is 0 Å². The Morgan fingerprint density at radius 2 is 1.85 bits per heavy atom. The van der Waals surface area contributed by atoms with Crippen LogP contribution < -0.4 is 9.62 Å². The first kappa shape index (κ1) is 20.4. The first-order valence-corrected chi connectivity index (χ1v) is 10.6. The Kier molecular flexibility index (Phi) is 6.41. The summed E-state index contributed by atoms with van der Waals surface area (Å²) in [6, 6.07) is 10.1. The summed E-state index contributed by atoms with van der Waals surface area (Å²) in [7, 11) is -3.73. The summed E-state index contributed by atoms with van der Waals surface area (Å²) < 4.78 is 40.3. The van der Waals surface area contributed by atoms with Crippen LogP contribution in [0.25, 0.3) is 0 Å². The number of benzene rings is 2. The number of nitrogens with zero attached hydrogens (tertiary/aromatic N) is 1. The molecular formula is C18H20BrFN2O3S. The van der Waals surface area contributed by atoms with Crippen molar-refractivity contribution < 1.29 is 17.6 Å². The smallest absolute Gasteiger partial charge is 0.248 e. The van der Waals surface area contributed by atoms with Gasteiger partial charge in [-0.05, 0) is 43.7 Å². The molecule has 0 unspecified atom stereocenters. The second-order valence-electron chi connectivity index (χ2n) is 5.93. The third-order valence-electron chi connectivity index (χ3n) is 3.81. The predicted octanol–water partition coefficient (Wildman–Crippen LogP) is 4.08. The quantitative estimate of drug-likeness (QED) is 0.732. The fraction of sp³-hybridized carbons (Fsp3) is 0.278. The summed E-state index contributed by atoms with van der Waals surface area (Å²) >= 11 is 3.15. The minimum atomic E-state index is -3.73. The highest BCUT2D eigenvalue weighted by atomic mass is 79.9. The van der Waals surface area contributed by atoms with Crippen LogP contribution in [0.15, 0.2) is 46.9 Å². The van der Waals surface area contributed by atoms with E-state index in [4.69, 9.17) is 0 Å². The van der Waals surface area contributed by atoms with Crippen molar-refractivity contribution in [2.75, 3.05) is 15.9 Å². The number of hydrogen-bond acceptors (Lipinski definition) is 3. The van der Waals surface area contributed by atoms with E-state index >= 15 is 0 Å². The fourth-order valence-electron chi connectivity index (χ4n) is 2.56. The second-order valence-corrected chi connectivity index (χ2v) is 8.71. The van der Waals surface area contributed by atoms with E-state index in [9.17, 15) is 17.6 Å². The molecule has 0 aliphatic carbocycles. The van der Waals surface area contributed by atoms with Crippen molar-refractivity contribution in [2.45, 2.75) is 26.3 Å². The van der Waals surface area contributed by atoms with E-state index in [0.29, 0.717) is 10.2 Å². The molecule has 0 aromatic heterocycles. The van der Waals surface area contributed by atoms with Crippen molar-refractivity contribution in [2.24, 2.45) is 0 Å². The summed E-state index contributed by atoms with van der Waals surface area (Å²) in [5, 5.41) is 2.48. The van der Waals surface area contributed by atoms with Gasteiger partial charge in [-0.2, -0.15) is 0 Å². The maximum absolute atomic E-state index is 14.0. The van der Waals surface area contributed by atoms with E-state index in [0.717, 1.165) is 16.1 Å². The molecule has 2 aromatic rings. The number of sulfonamides is 1. The minimum Gasteiger partial charge on any atom is -0.322 e. The first-order chi connectivity index (χ1) is 12.1. The van der Waals surface area contributed by atoms with Crippen LogP contribution in [-0.2, 0) is 14.8 Å². The molecule has 140 valence electrons. The lowest BCUT2D eigenvalue weighted by molar-refractivity contribution is -0.117. The largest absolute Gasteiger partial charge is 0.322 e. The number of carbonyl (C=O) groups excluding carboxylic acids is 1. The number of anilines is 2. The predicted molar refractivity (Wildman–Crippen MR) is 105 cm³/mol. The number of amides is 1. The number of hydrogen-bond donors (Lipinski definition) is 1. The topological polar surface area (TPSA) is 66.5 Å². The zero-order valence-corrected chi connectivity index (χ0v) is 17.1. The molecule has 0 aliphatic rings. The fourth-order valence-corrected chi connectivity index (χ4v) is 4.10. The molecule has 0 spiro atoms. The molecule has 1 amide bonds. The van der Waals surface area contributed by atoms with Crippen molar-refractivity contribution in [3.05, 3.63) is 58.3 Å². The van der Waals surface area contributed by atoms with Gasteiger partial charge >= 0.3 is 0 Å². The van der Waals surface area contributed by atoms with E-state index in [2.05, 4.69) is 21.2 Å². The maximum Gasteiger partial charge on any atom is 0.248 e. The van der Waals surface area contributed by atoms with E-state index in [-0.39, 0.29) is 12.1 Å². The molecule has 1 atom stereocenters. The molecule has 0 saturated heterocycles. The van der Waals surface area contributed by atoms with Crippen molar-refractivity contribution in [1.82, 2.24) is 0 Å². The van der Waals surface area contributed by atoms with Gasteiger partial charge in [0.05, 0.1) is 17.6 Å². The van der Waals surface area contributed by atoms with Gasteiger partial charge in [-0.1, -0.05) is 40.5 Å². The maximum atomic E-state index is 14.0. The molecule has 26 heavy (non-hydrogen) atoms. The van der Waals surface area contributed by atoms with Gasteiger partial charge in [0.25, 0.3) is 0 Å². The van der Waals surface area contributed by atoms with E-state index < -0.39 is 27.8 Å². The molecule has 0 heterocycles. The Bertz CT molecular complexity index is 901. The second kappa shape index (κ2) is 8.18. The van der Waals surface area contributed by atoms with Gasteiger partial charge < -0.3 is 5.32 Å². The number of rotatable bonds is 6. The molecule has 0 saturated carbocycles. The highest BCUT2D eigenvalue weighted by Crippen LogP contribution is 2.25. The highest BCUT2D eigenvalue weighted by Gasteiger charge is 2.31. The van der Waals surface area contributed by atoms with Crippen molar-refractivity contribution in [3.8, 4) is 0 Å². The molecule has 2 rings (SSSR count). The molecule has 8 heteroatoms. The van der Waals surface area contributed by atoms with Gasteiger partial charge in [0, 0.05) is 4.47 Å². The van der Waals surface area contributed by atoms with Gasteiger partial charge in [-0.15, -0.1) is 0 Å².